The second-order valence-corrected chi connectivity index (χ2v) is 7.25. The molecule has 0 amide bonds. The van der Waals surface area contributed by atoms with Crippen molar-refractivity contribution in [3.05, 3.63) is 48.6 Å². The number of alkyl halides is 1. The van der Waals surface area contributed by atoms with Gasteiger partial charge in [-0.1, -0.05) is 36.9 Å². The molecule has 1 N–H and O–H groups in total. The molecule has 1 aromatic rings. The zero-order valence-corrected chi connectivity index (χ0v) is 13.6. The molecule has 4 unspecified atom stereocenters. The van der Waals surface area contributed by atoms with Crippen LogP contribution in [0.2, 0.25) is 0 Å². The number of hydrogen-bond donors (Lipinski definition) is 1. The standard InChI is InChI=1S/C19H24FNO2/c1-3-11-21(2)15-9-10-17(21)16(12-18(22)23)19(20,13-15)14-7-5-4-6-8-14/h3-8,15-17H,1,9-13H2,2H3/p+1/t15?,16?,17?,19-,21?/m1/s1. The molecule has 0 spiro atoms. The second kappa shape index (κ2) is 5.75. The zero-order valence-electron chi connectivity index (χ0n) is 13.6. The van der Waals surface area contributed by atoms with Crippen molar-refractivity contribution >= 4 is 5.97 Å². The Morgan fingerprint density at radius 2 is 2.13 bits per heavy atom. The molecule has 1 aromatic carbocycles. The smallest absolute Gasteiger partial charge is 0.304 e. The molecule has 124 valence electrons. The minimum atomic E-state index is -1.55. The number of carboxylic acids is 1. The lowest BCUT2D eigenvalue weighted by atomic mass is 9.71. The highest BCUT2D eigenvalue weighted by atomic mass is 19.1. The lowest BCUT2D eigenvalue weighted by Gasteiger charge is -2.53. The van der Waals surface area contributed by atoms with E-state index in [9.17, 15) is 9.90 Å². The number of hydrogen-bond acceptors (Lipinski definition) is 1. The molecule has 0 aromatic heterocycles. The Bertz CT molecular complexity index is 605. The van der Waals surface area contributed by atoms with Crippen LogP contribution in [-0.4, -0.2) is 41.2 Å². The number of halogens is 1. The van der Waals surface area contributed by atoms with Crippen molar-refractivity contribution in [2.24, 2.45) is 5.92 Å². The van der Waals surface area contributed by atoms with Crippen LogP contribution in [-0.2, 0) is 10.5 Å². The molecule has 2 bridgehead atoms. The summed E-state index contributed by atoms with van der Waals surface area (Å²) in [7, 11) is 2.14. The molecule has 23 heavy (non-hydrogen) atoms. The van der Waals surface area contributed by atoms with Gasteiger partial charge in [0.25, 0.3) is 0 Å². The van der Waals surface area contributed by atoms with Crippen LogP contribution in [0.15, 0.2) is 43.0 Å². The summed E-state index contributed by atoms with van der Waals surface area (Å²) >= 11 is 0. The van der Waals surface area contributed by atoms with Crippen LogP contribution >= 0.6 is 0 Å². The van der Waals surface area contributed by atoms with Crippen LogP contribution in [0, 0.1) is 5.92 Å². The number of rotatable bonds is 5. The maximum Gasteiger partial charge on any atom is 0.304 e. The van der Waals surface area contributed by atoms with Gasteiger partial charge < -0.3 is 9.59 Å². The number of carboxylic acid groups (broad SMARTS) is 1. The lowest BCUT2D eigenvalue weighted by molar-refractivity contribution is -0.950. The van der Waals surface area contributed by atoms with E-state index in [2.05, 4.69) is 13.6 Å². The van der Waals surface area contributed by atoms with Crippen molar-refractivity contribution in [3.63, 3.8) is 0 Å². The molecule has 0 radical (unpaired) electrons. The third-order valence-electron chi connectivity index (χ3n) is 6.14. The molecule has 5 atom stereocenters. The number of likely N-dealkylation sites (N-methyl/N-ethyl adjacent to an activating group) is 1. The molecule has 0 aliphatic carbocycles. The van der Waals surface area contributed by atoms with E-state index in [0.717, 1.165) is 23.9 Å². The largest absolute Gasteiger partial charge is 0.481 e. The summed E-state index contributed by atoms with van der Waals surface area (Å²) in [5, 5.41) is 9.38. The van der Waals surface area contributed by atoms with Crippen LogP contribution in [0.1, 0.15) is 31.2 Å². The average molecular weight is 318 g/mol. The summed E-state index contributed by atoms with van der Waals surface area (Å²) in [5.74, 6) is -1.41. The van der Waals surface area contributed by atoms with Crippen molar-refractivity contribution < 1.29 is 18.8 Å². The van der Waals surface area contributed by atoms with Gasteiger partial charge in [-0.3, -0.25) is 4.79 Å². The normalized spacial score (nSPS) is 39.1. The number of benzene rings is 1. The highest BCUT2D eigenvalue weighted by molar-refractivity contribution is 5.67. The number of aliphatic carboxylic acids is 1. The number of fused-ring (bicyclic) bond motifs is 2. The monoisotopic (exact) mass is 318 g/mol. The fourth-order valence-electron chi connectivity index (χ4n) is 5.04. The first-order chi connectivity index (χ1) is 10.9. The van der Waals surface area contributed by atoms with E-state index in [1.165, 1.54) is 0 Å². The Morgan fingerprint density at radius 1 is 1.43 bits per heavy atom. The van der Waals surface area contributed by atoms with Gasteiger partial charge in [-0.15, -0.1) is 0 Å². The Kier molecular flexibility index (Phi) is 4.05. The van der Waals surface area contributed by atoms with Gasteiger partial charge in [-0.25, -0.2) is 4.39 Å². The van der Waals surface area contributed by atoms with E-state index < -0.39 is 17.6 Å². The highest BCUT2D eigenvalue weighted by Gasteiger charge is 2.63. The first-order valence-corrected chi connectivity index (χ1v) is 8.34. The maximum absolute atomic E-state index is 16.2. The predicted molar refractivity (Wildman–Crippen MR) is 87.6 cm³/mol. The van der Waals surface area contributed by atoms with Crippen molar-refractivity contribution in [2.45, 2.75) is 43.4 Å². The summed E-state index contributed by atoms with van der Waals surface area (Å²) in [6.45, 7) is 4.63. The topological polar surface area (TPSA) is 37.3 Å². The number of carbonyl (C=O) groups is 1. The Morgan fingerprint density at radius 3 is 2.74 bits per heavy atom. The van der Waals surface area contributed by atoms with E-state index in [1.54, 1.807) is 12.1 Å². The molecule has 2 saturated heterocycles. The average Bonchev–Trinajstić information content (AvgIpc) is 2.72. The van der Waals surface area contributed by atoms with Crippen LogP contribution in [0.3, 0.4) is 0 Å². The molecule has 2 fully saturated rings. The van der Waals surface area contributed by atoms with E-state index in [-0.39, 0.29) is 18.5 Å². The Balaban J connectivity index is 2.05. The van der Waals surface area contributed by atoms with Crippen molar-refractivity contribution in [2.75, 3.05) is 13.6 Å². The number of quaternary nitrogens is 1. The molecular formula is C19H25FNO2+. The summed E-state index contributed by atoms with van der Waals surface area (Å²) < 4.78 is 16.9. The van der Waals surface area contributed by atoms with E-state index in [0.29, 0.717) is 12.0 Å². The van der Waals surface area contributed by atoms with Gasteiger partial charge in [0, 0.05) is 19.3 Å². The highest BCUT2D eigenvalue weighted by Crippen LogP contribution is 2.55. The number of piperidine rings is 1. The van der Waals surface area contributed by atoms with Gasteiger partial charge in [0.15, 0.2) is 5.67 Å². The molecular weight excluding hydrogens is 293 g/mol. The van der Waals surface area contributed by atoms with Crippen LogP contribution in [0.25, 0.3) is 0 Å². The zero-order chi connectivity index (χ0) is 16.7. The molecule has 0 saturated carbocycles. The predicted octanol–water partition coefficient (Wildman–Crippen LogP) is 3.51. The minimum absolute atomic E-state index is 0.0352. The third-order valence-corrected chi connectivity index (χ3v) is 6.14. The van der Waals surface area contributed by atoms with Crippen molar-refractivity contribution in [1.82, 2.24) is 0 Å². The first kappa shape index (κ1) is 16.2. The van der Waals surface area contributed by atoms with Crippen molar-refractivity contribution in [3.8, 4) is 0 Å². The van der Waals surface area contributed by atoms with Gasteiger partial charge in [0.2, 0.25) is 0 Å². The summed E-state index contributed by atoms with van der Waals surface area (Å²) in [5.41, 5.74) is -0.919. The molecule has 3 rings (SSSR count). The SMILES string of the molecule is C=CC[N+]1(C)C2CCC1C(CC(=O)O)[C@](F)(c1ccccc1)C2. The quantitative estimate of drug-likeness (QED) is 0.666. The van der Waals surface area contributed by atoms with Crippen molar-refractivity contribution in [1.29, 1.82) is 0 Å². The lowest BCUT2D eigenvalue weighted by Crippen LogP contribution is -2.64. The van der Waals surface area contributed by atoms with Gasteiger partial charge in [-0.05, 0) is 11.6 Å². The van der Waals surface area contributed by atoms with Gasteiger partial charge in [0.05, 0.1) is 38.0 Å². The van der Waals surface area contributed by atoms with E-state index >= 15 is 4.39 Å². The molecule has 4 heteroatoms. The summed E-state index contributed by atoms with van der Waals surface area (Å²) in [6, 6.07) is 9.41. The van der Waals surface area contributed by atoms with Crippen LogP contribution in [0.5, 0.6) is 0 Å². The van der Waals surface area contributed by atoms with E-state index in [4.69, 9.17) is 0 Å². The second-order valence-electron chi connectivity index (χ2n) is 7.25. The Labute approximate surface area is 137 Å². The molecule has 2 aliphatic rings. The fraction of sp³-hybridized carbons (Fsp3) is 0.526. The Hall–Kier alpha value is -1.68. The third kappa shape index (κ3) is 2.49. The van der Waals surface area contributed by atoms with Gasteiger partial charge in [-0.2, -0.15) is 0 Å². The minimum Gasteiger partial charge on any atom is -0.481 e. The fourth-order valence-corrected chi connectivity index (χ4v) is 5.04. The molecule has 3 nitrogen and oxygen atoms in total. The number of nitrogens with zero attached hydrogens (tertiary/aromatic N) is 1. The van der Waals surface area contributed by atoms with Crippen LogP contribution in [0.4, 0.5) is 4.39 Å². The summed E-state index contributed by atoms with van der Waals surface area (Å²) in [6.07, 6.45) is 4.02. The first-order valence-electron chi connectivity index (χ1n) is 8.34. The van der Waals surface area contributed by atoms with Gasteiger partial charge in [0.1, 0.15) is 0 Å². The van der Waals surface area contributed by atoms with Crippen LogP contribution < -0.4 is 0 Å². The van der Waals surface area contributed by atoms with E-state index in [1.807, 2.05) is 24.3 Å². The van der Waals surface area contributed by atoms with Gasteiger partial charge >= 0.3 is 5.97 Å². The maximum atomic E-state index is 16.2. The summed E-state index contributed by atoms with van der Waals surface area (Å²) in [4.78, 5) is 11.4. The molecule has 2 aliphatic heterocycles. The molecule has 2 heterocycles.